The van der Waals surface area contributed by atoms with Crippen LogP contribution in [0.1, 0.15) is 29.9 Å². The number of isocyanates is 1. The molecule has 1 aromatic rings. The third-order valence-corrected chi connectivity index (χ3v) is 2.98. The highest BCUT2D eigenvalue weighted by molar-refractivity contribution is 5.43. The predicted molar refractivity (Wildman–Crippen MR) is 56.8 cm³/mol. The zero-order valence-electron chi connectivity index (χ0n) is 8.44. The Hall–Kier alpha value is -1.60. The van der Waals surface area contributed by atoms with Gasteiger partial charge in [0.15, 0.2) is 0 Å². The SMILES string of the molecule is O=C=NCC1CCCc2c(O)cccc21. The van der Waals surface area contributed by atoms with Crippen LogP contribution < -0.4 is 0 Å². The second kappa shape index (κ2) is 4.28. The lowest BCUT2D eigenvalue weighted by Crippen LogP contribution is -2.12. The van der Waals surface area contributed by atoms with Gasteiger partial charge in [-0.1, -0.05) is 12.1 Å². The van der Waals surface area contributed by atoms with Gasteiger partial charge in [0.25, 0.3) is 0 Å². The summed E-state index contributed by atoms with van der Waals surface area (Å²) >= 11 is 0. The van der Waals surface area contributed by atoms with Crippen LogP contribution in [0.4, 0.5) is 0 Å². The first-order chi connectivity index (χ1) is 7.33. The highest BCUT2D eigenvalue weighted by atomic mass is 16.3. The largest absolute Gasteiger partial charge is 0.508 e. The summed E-state index contributed by atoms with van der Waals surface area (Å²) in [4.78, 5) is 13.7. The maximum absolute atomic E-state index is 10.1. The number of hydrogen-bond acceptors (Lipinski definition) is 3. The molecule has 1 atom stereocenters. The molecular weight excluding hydrogens is 190 g/mol. The van der Waals surface area contributed by atoms with Crippen LogP contribution in [-0.2, 0) is 11.2 Å². The molecule has 0 spiro atoms. The van der Waals surface area contributed by atoms with Crippen LogP contribution in [0.25, 0.3) is 0 Å². The number of rotatable bonds is 2. The minimum absolute atomic E-state index is 0.266. The Labute approximate surface area is 88.5 Å². The Morgan fingerprint density at radius 2 is 2.40 bits per heavy atom. The number of benzene rings is 1. The first-order valence-corrected chi connectivity index (χ1v) is 5.17. The molecule has 1 aromatic carbocycles. The number of aliphatic imine (C=N–C) groups is 1. The lowest BCUT2D eigenvalue weighted by molar-refractivity contribution is 0.454. The first kappa shape index (κ1) is 9.94. The molecule has 0 bridgehead atoms. The summed E-state index contributed by atoms with van der Waals surface area (Å²) in [5.41, 5.74) is 2.16. The van der Waals surface area contributed by atoms with Gasteiger partial charge in [0, 0.05) is 5.92 Å². The summed E-state index contributed by atoms with van der Waals surface area (Å²) < 4.78 is 0. The molecule has 78 valence electrons. The van der Waals surface area contributed by atoms with E-state index in [4.69, 9.17) is 0 Å². The number of aromatic hydroxyl groups is 1. The number of phenolic OH excluding ortho intramolecular Hbond substituents is 1. The van der Waals surface area contributed by atoms with E-state index < -0.39 is 0 Å². The predicted octanol–water partition coefficient (Wildman–Crippen LogP) is 2.15. The van der Waals surface area contributed by atoms with Crippen LogP contribution in [0.3, 0.4) is 0 Å². The number of fused-ring (bicyclic) bond motifs is 1. The number of phenols is 1. The smallest absolute Gasteiger partial charge is 0.234 e. The lowest BCUT2D eigenvalue weighted by atomic mass is 9.82. The van der Waals surface area contributed by atoms with Crippen molar-refractivity contribution in [3.63, 3.8) is 0 Å². The molecule has 0 saturated heterocycles. The number of carbonyl (C=O) groups excluding carboxylic acids is 1. The zero-order chi connectivity index (χ0) is 10.7. The molecule has 1 aliphatic rings. The fourth-order valence-electron chi connectivity index (χ4n) is 2.26. The maximum atomic E-state index is 10.1. The first-order valence-electron chi connectivity index (χ1n) is 5.17. The van der Waals surface area contributed by atoms with E-state index >= 15 is 0 Å². The van der Waals surface area contributed by atoms with Crippen LogP contribution in [0.5, 0.6) is 5.75 Å². The Morgan fingerprint density at radius 3 is 3.20 bits per heavy atom. The van der Waals surface area contributed by atoms with Gasteiger partial charge in [0.2, 0.25) is 6.08 Å². The molecule has 0 amide bonds. The van der Waals surface area contributed by atoms with Gasteiger partial charge < -0.3 is 5.11 Å². The van der Waals surface area contributed by atoms with E-state index in [1.807, 2.05) is 12.1 Å². The van der Waals surface area contributed by atoms with Crippen molar-refractivity contribution in [1.29, 1.82) is 0 Å². The van der Waals surface area contributed by atoms with E-state index in [0.29, 0.717) is 12.3 Å². The van der Waals surface area contributed by atoms with Crippen LogP contribution in [0.15, 0.2) is 23.2 Å². The molecule has 1 N–H and O–H groups in total. The number of hydrogen-bond donors (Lipinski definition) is 1. The van der Waals surface area contributed by atoms with E-state index in [9.17, 15) is 9.90 Å². The quantitative estimate of drug-likeness (QED) is 0.591. The fourth-order valence-corrected chi connectivity index (χ4v) is 2.26. The summed E-state index contributed by atoms with van der Waals surface area (Å²) in [5.74, 6) is 0.634. The fraction of sp³-hybridized carbons (Fsp3) is 0.417. The maximum Gasteiger partial charge on any atom is 0.234 e. The average molecular weight is 203 g/mol. The van der Waals surface area contributed by atoms with Crippen molar-refractivity contribution >= 4 is 6.08 Å². The van der Waals surface area contributed by atoms with E-state index in [0.717, 1.165) is 30.4 Å². The standard InChI is InChI=1S/C12H13NO2/c14-8-13-7-9-3-1-5-11-10(9)4-2-6-12(11)15/h2,4,6,9,15H,1,3,5,7H2. The molecule has 3 heteroatoms. The summed E-state index contributed by atoms with van der Waals surface area (Å²) in [6.45, 7) is 0.486. The molecule has 1 unspecified atom stereocenters. The average Bonchev–Trinajstić information content (AvgIpc) is 2.27. The molecule has 2 rings (SSSR count). The Kier molecular flexibility index (Phi) is 2.84. The molecular formula is C12H13NO2. The van der Waals surface area contributed by atoms with E-state index in [1.54, 1.807) is 12.1 Å². The monoisotopic (exact) mass is 203 g/mol. The van der Waals surface area contributed by atoms with Crippen molar-refractivity contribution in [1.82, 2.24) is 0 Å². The minimum atomic E-state index is 0.266. The summed E-state index contributed by atoms with van der Waals surface area (Å²) in [5, 5.41) is 9.69. The van der Waals surface area contributed by atoms with Crippen molar-refractivity contribution in [2.75, 3.05) is 6.54 Å². The Bertz CT molecular complexity index is 408. The van der Waals surface area contributed by atoms with Gasteiger partial charge in [0.05, 0.1) is 6.54 Å². The second-order valence-electron chi connectivity index (χ2n) is 3.87. The van der Waals surface area contributed by atoms with E-state index in [2.05, 4.69) is 4.99 Å². The molecule has 0 fully saturated rings. The molecule has 0 saturated carbocycles. The normalized spacial score (nSPS) is 19.1. The summed E-state index contributed by atoms with van der Waals surface area (Å²) in [7, 11) is 0. The Morgan fingerprint density at radius 1 is 1.53 bits per heavy atom. The van der Waals surface area contributed by atoms with Gasteiger partial charge in [-0.3, -0.25) is 0 Å². The molecule has 0 aliphatic heterocycles. The van der Waals surface area contributed by atoms with E-state index in [-0.39, 0.29) is 5.92 Å². The van der Waals surface area contributed by atoms with Gasteiger partial charge in [0.1, 0.15) is 5.75 Å². The van der Waals surface area contributed by atoms with E-state index in [1.165, 1.54) is 0 Å². The molecule has 15 heavy (non-hydrogen) atoms. The van der Waals surface area contributed by atoms with Crippen molar-refractivity contribution in [2.45, 2.75) is 25.2 Å². The van der Waals surface area contributed by atoms with Crippen molar-refractivity contribution in [3.8, 4) is 5.75 Å². The topological polar surface area (TPSA) is 49.7 Å². The molecule has 3 nitrogen and oxygen atoms in total. The molecule has 0 radical (unpaired) electrons. The van der Waals surface area contributed by atoms with Crippen molar-refractivity contribution in [3.05, 3.63) is 29.3 Å². The molecule has 0 aromatic heterocycles. The van der Waals surface area contributed by atoms with Gasteiger partial charge in [-0.15, -0.1) is 0 Å². The van der Waals surface area contributed by atoms with Crippen LogP contribution in [-0.4, -0.2) is 17.7 Å². The summed E-state index contributed by atoms with van der Waals surface area (Å²) in [6, 6.07) is 5.57. The van der Waals surface area contributed by atoms with Gasteiger partial charge in [-0.05, 0) is 36.5 Å². The highest BCUT2D eigenvalue weighted by Crippen LogP contribution is 2.36. The lowest BCUT2D eigenvalue weighted by Gasteiger charge is -2.24. The third-order valence-electron chi connectivity index (χ3n) is 2.98. The zero-order valence-corrected chi connectivity index (χ0v) is 8.44. The third kappa shape index (κ3) is 1.92. The van der Waals surface area contributed by atoms with Crippen LogP contribution in [0, 0.1) is 0 Å². The van der Waals surface area contributed by atoms with Crippen LogP contribution in [0.2, 0.25) is 0 Å². The second-order valence-corrected chi connectivity index (χ2v) is 3.87. The van der Waals surface area contributed by atoms with Gasteiger partial charge in [-0.2, -0.15) is 0 Å². The number of nitrogens with zero attached hydrogens (tertiary/aromatic N) is 1. The minimum Gasteiger partial charge on any atom is -0.508 e. The van der Waals surface area contributed by atoms with Crippen molar-refractivity contribution < 1.29 is 9.90 Å². The molecule has 0 heterocycles. The molecule has 1 aliphatic carbocycles. The highest BCUT2D eigenvalue weighted by Gasteiger charge is 2.21. The summed E-state index contributed by atoms with van der Waals surface area (Å²) in [6.07, 6.45) is 4.57. The van der Waals surface area contributed by atoms with Crippen LogP contribution >= 0.6 is 0 Å². The van der Waals surface area contributed by atoms with Crippen molar-refractivity contribution in [2.24, 2.45) is 4.99 Å². The van der Waals surface area contributed by atoms with Gasteiger partial charge >= 0.3 is 0 Å². The Balaban J connectivity index is 2.33. The van der Waals surface area contributed by atoms with Gasteiger partial charge in [-0.25, -0.2) is 9.79 Å².